The van der Waals surface area contributed by atoms with Crippen molar-refractivity contribution >= 4 is 22.5 Å². The molecular weight excluding hydrogens is 236 g/mol. The van der Waals surface area contributed by atoms with Gasteiger partial charge in [-0.3, -0.25) is 0 Å². The molecule has 0 amide bonds. The van der Waals surface area contributed by atoms with Gasteiger partial charge in [-0.2, -0.15) is 0 Å². The number of thiol groups is 1. The van der Waals surface area contributed by atoms with E-state index in [9.17, 15) is 0 Å². The zero-order valence-corrected chi connectivity index (χ0v) is 10.2. The number of hydrogen-bond acceptors (Lipinski definition) is 0. The molecule has 0 spiro atoms. The van der Waals surface area contributed by atoms with Crippen LogP contribution in [0.1, 0.15) is 0 Å². The highest BCUT2D eigenvalue weighted by molar-refractivity contribution is 8.21. The van der Waals surface area contributed by atoms with Crippen LogP contribution in [-0.4, -0.2) is 0 Å². The van der Waals surface area contributed by atoms with Crippen molar-refractivity contribution in [1.82, 2.24) is 0 Å². The van der Waals surface area contributed by atoms with Gasteiger partial charge in [0, 0.05) is 14.8 Å². The number of halogens is 1. The largest absolute Gasteiger partial charge is 0.135 e. The lowest BCUT2D eigenvalue weighted by Crippen LogP contribution is -1.82. The lowest BCUT2D eigenvalue weighted by Gasteiger charge is -2.15. The smallest absolute Gasteiger partial charge is 0.0406 e. The van der Waals surface area contributed by atoms with Crippen LogP contribution in [0.15, 0.2) is 64.4 Å². The number of benzene rings is 2. The molecule has 1 atom stereocenters. The molecule has 0 aliphatic rings. The lowest BCUT2D eigenvalue weighted by atomic mass is 10.4. The van der Waals surface area contributed by atoms with Crippen molar-refractivity contribution in [3.63, 3.8) is 0 Å². The van der Waals surface area contributed by atoms with Crippen LogP contribution < -0.4 is 0 Å². The summed E-state index contributed by atoms with van der Waals surface area (Å²) in [5.74, 6) is 0. The zero-order valence-electron chi connectivity index (χ0n) is 8.60. The Morgan fingerprint density at radius 3 is 2.00 bits per heavy atom. The summed E-state index contributed by atoms with van der Waals surface area (Å²) in [7, 11) is -0.692. The lowest BCUT2D eigenvalue weighted by molar-refractivity contribution is 1.40. The monoisotopic (exact) mass is 246 g/mol. The van der Waals surface area contributed by atoms with Crippen molar-refractivity contribution in [2.24, 2.45) is 0 Å². The fourth-order valence-electron chi connectivity index (χ4n) is 1.47. The first kappa shape index (κ1) is 11.1. The molecule has 0 bridgehead atoms. The Balaban J connectivity index is 2.38. The van der Waals surface area contributed by atoms with Crippen LogP contribution in [0.4, 0.5) is 0 Å². The summed E-state index contributed by atoms with van der Waals surface area (Å²) in [5.41, 5.74) is 0. The highest BCUT2D eigenvalue weighted by Gasteiger charge is 2.05. The second-order valence-electron chi connectivity index (χ2n) is 3.28. The maximum Gasteiger partial charge on any atom is 0.0406 e. The van der Waals surface area contributed by atoms with Crippen molar-refractivity contribution < 1.29 is 0 Å². The summed E-state index contributed by atoms with van der Waals surface area (Å²) in [6, 6.07) is 17.9. The Morgan fingerprint density at radius 2 is 1.44 bits per heavy atom. The van der Waals surface area contributed by atoms with E-state index >= 15 is 0 Å². The number of terminal acetylenes is 1. The quantitative estimate of drug-likeness (QED) is 0.591. The van der Waals surface area contributed by atoms with E-state index in [4.69, 9.17) is 18.0 Å². The average Bonchev–Trinajstić information content (AvgIpc) is 2.34. The van der Waals surface area contributed by atoms with Crippen LogP contribution in [0.25, 0.3) is 0 Å². The van der Waals surface area contributed by atoms with Gasteiger partial charge in [-0.1, -0.05) is 35.1 Å². The van der Waals surface area contributed by atoms with Crippen LogP contribution in [0.2, 0.25) is 5.02 Å². The Labute approximate surface area is 104 Å². The molecule has 0 fully saturated rings. The summed E-state index contributed by atoms with van der Waals surface area (Å²) in [5, 5.41) is 3.62. The Kier molecular flexibility index (Phi) is 3.56. The molecule has 16 heavy (non-hydrogen) atoms. The molecule has 2 aromatic rings. The van der Waals surface area contributed by atoms with E-state index in [-0.39, 0.29) is 0 Å². The first-order valence-corrected chi connectivity index (χ1v) is 6.60. The zero-order chi connectivity index (χ0) is 11.4. The van der Waals surface area contributed by atoms with Crippen LogP contribution in [0.3, 0.4) is 0 Å². The van der Waals surface area contributed by atoms with E-state index in [0.29, 0.717) is 0 Å². The minimum Gasteiger partial charge on any atom is -0.135 e. The highest BCUT2D eigenvalue weighted by atomic mass is 35.5. The first-order chi connectivity index (χ1) is 7.81. The van der Waals surface area contributed by atoms with Crippen LogP contribution in [-0.2, 0) is 0 Å². The molecular formula is C14H11ClS. The van der Waals surface area contributed by atoms with Gasteiger partial charge < -0.3 is 0 Å². The minimum atomic E-state index is -0.692. The van der Waals surface area contributed by atoms with Crippen molar-refractivity contribution in [2.45, 2.75) is 9.79 Å². The summed E-state index contributed by atoms with van der Waals surface area (Å²) < 4.78 is 0. The molecule has 0 nitrogen and oxygen atoms in total. The van der Waals surface area contributed by atoms with Gasteiger partial charge >= 0.3 is 0 Å². The van der Waals surface area contributed by atoms with E-state index in [0.717, 1.165) is 9.92 Å². The van der Waals surface area contributed by atoms with Crippen molar-refractivity contribution in [1.29, 1.82) is 0 Å². The van der Waals surface area contributed by atoms with Gasteiger partial charge in [-0.25, -0.2) is 0 Å². The fourth-order valence-corrected chi connectivity index (χ4v) is 3.11. The molecule has 0 radical (unpaired) electrons. The van der Waals surface area contributed by atoms with Gasteiger partial charge in [0.2, 0.25) is 0 Å². The van der Waals surface area contributed by atoms with Gasteiger partial charge in [-0.15, -0.1) is 17.3 Å². The normalized spacial score (nSPS) is 12.9. The van der Waals surface area contributed by atoms with Gasteiger partial charge in [0.15, 0.2) is 0 Å². The maximum absolute atomic E-state index is 5.86. The summed E-state index contributed by atoms with van der Waals surface area (Å²) in [6.45, 7) is 0. The molecule has 0 N–H and O–H groups in total. The van der Waals surface area contributed by atoms with E-state index in [2.05, 4.69) is 17.4 Å². The van der Waals surface area contributed by atoms with Crippen molar-refractivity contribution in [2.75, 3.05) is 0 Å². The third-order valence-electron chi connectivity index (χ3n) is 2.23. The molecule has 0 aromatic heterocycles. The fraction of sp³-hybridized carbons (Fsp3) is 0. The summed E-state index contributed by atoms with van der Waals surface area (Å²) >= 11 is 5.86. The van der Waals surface area contributed by atoms with Gasteiger partial charge in [0.05, 0.1) is 0 Å². The molecule has 80 valence electrons. The van der Waals surface area contributed by atoms with E-state index < -0.39 is 10.9 Å². The molecule has 0 aliphatic carbocycles. The SMILES string of the molecule is C#C[SH](c1ccccc1)c1ccc(Cl)cc1. The van der Waals surface area contributed by atoms with Crippen LogP contribution in [0, 0.1) is 11.7 Å². The first-order valence-electron chi connectivity index (χ1n) is 4.88. The maximum atomic E-state index is 5.86. The number of hydrogen-bond donors (Lipinski definition) is 1. The summed E-state index contributed by atoms with van der Waals surface area (Å²) in [4.78, 5) is 2.36. The third kappa shape index (κ3) is 2.41. The predicted octanol–water partition coefficient (Wildman–Crippen LogP) is 4.35. The standard InChI is InChI=1S/C14H11ClS/c1-2-16(13-6-4-3-5-7-13)14-10-8-12(15)9-11-14/h1,3-11,16H. The molecule has 2 aromatic carbocycles. The molecule has 1 unspecified atom stereocenters. The summed E-state index contributed by atoms with van der Waals surface area (Å²) in [6.07, 6.45) is 5.62. The van der Waals surface area contributed by atoms with Crippen LogP contribution >= 0.6 is 22.5 Å². The van der Waals surface area contributed by atoms with Gasteiger partial charge in [-0.05, 0) is 36.4 Å². The highest BCUT2D eigenvalue weighted by Crippen LogP contribution is 2.43. The van der Waals surface area contributed by atoms with Crippen molar-refractivity contribution in [3.05, 3.63) is 59.6 Å². The second-order valence-corrected chi connectivity index (χ2v) is 5.67. The van der Waals surface area contributed by atoms with E-state index in [1.807, 2.05) is 42.5 Å². The second kappa shape index (κ2) is 5.12. The number of rotatable bonds is 2. The molecule has 2 rings (SSSR count). The topological polar surface area (TPSA) is 0 Å². The Bertz CT molecular complexity index is 497. The Hall–Kier alpha value is -1.36. The van der Waals surface area contributed by atoms with E-state index in [1.54, 1.807) is 0 Å². The predicted molar refractivity (Wildman–Crippen MR) is 72.2 cm³/mol. The Morgan fingerprint density at radius 1 is 0.875 bits per heavy atom. The average molecular weight is 247 g/mol. The molecule has 0 saturated carbocycles. The van der Waals surface area contributed by atoms with Crippen molar-refractivity contribution in [3.8, 4) is 11.7 Å². The third-order valence-corrected chi connectivity index (χ3v) is 4.37. The molecule has 0 aliphatic heterocycles. The molecule has 2 heteroatoms. The van der Waals surface area contributed by atoms with E-state index in [1.165, 1.54) is 4.90 Å². The van der Waals surface area contributed by atoms with Gasteiger partial charge in [0.25, 0.3) is 0 Å². The molecule has 0 heterocycles. The molecule has 0 saturated heterocycles. The van der Waals surface area contributed by atoms with Gasteiger partial charge in [0.1, 0.15) is 0 Å². The minimum absolute atomic E-state index is 0.692. The van der Waals surface area contributed by atoms with Crippen LogP contribution in [0.5, 0.6) is 0 Å².